The van der Waals surface area contributed by atoms with Gasteiger partial charge in [-0.25, -0.2) is 4.99 Å². The van der Waals surface area contributed by atoms with E-state index in [0.717, 1.165) is 25.3 Å². The highest BCUT2D eigenvalue weighted by molar-refractivity contribution is 14.0. The molecule has 1 fully saturated rings. The van der Waals surface area contributed by atoms with Crippen LogP contribution in [0.2, 0.25) is 0 Å². The second-order valence-electron chi connectivity index (χ2n) is 7.16. The Morgan fingerprint density at radius 2 is 1.85 bits per heavy atom. The molecule has 6 nitrogen and oxygen atoms in total. The first-order chi connectivity index (χ1) is 12.6. The summed E-state index contributed by atoms with van der Waals surface area (Å²) in [7, 11) is 2.04. The topological polar surface area (TPSA) is 57.5 Å². The maximum absolute atomic E-state index is 4.89. The monoisotopic (exact) mass is 490 g/mol. The first-order valence-corrected chi connectivity index (χ1v) is 10.4. The molecule has 2 rings (SSSR count). The Balaban J connectivity index is 0.00000364. The van der Waals surface area contributed by atoms with Gasteiger partial charge in [0.25, 0.3) is 0 Å². The van der Waals surface area contributed by atoms with E-state index in [1.54, 1.807) is 0 Å². The van der Waals surface area contributed by atoms with Crippen LogP contribution in [0.25, 0.3) is 0 Å². The van der Waals surface area contributed by atoms with Crippen molar-refractivity contribution in [3.63, 3.8) is 0 Å². The number of nitrogens with zero attached hydrogens (tertiary/aromatic N) is 4. The van der Waals surface area contributed by atoms with Crippen molar-refractivity contribution in [2.45, 2.75) is 72.4 Å². The Labute approximate surface area is 182 Å². The third-order valence-corrected chi connectivity index (χ3v) is 5.24. The van der Waals surface area contributed by atoms with Crippen molar-refractivity contribution in [2.75, 3.05) is 26.2 Å². The van der Waals surface area contributed by atoms with Gasteiger partial charge in [0.05, 0.1) is 12.2 Å². The molecule has 0 radical (unpaired) electrons. The van der Waals surface area contributed by atoms with Crippen molar-refractivity contribution in [3.8, 4) is 0 Å². The van der Waals surface area contributed by atoms with E-state index in [1.165, 1.54) is 55.8 Å². The van der Waals surface area contributed by atoms with E-state index in [4.69, 9.17) is 4.99 Å². The summed E-state index contributed by atoms with van der Waals surface area (Å²) >= 11 is 0. The quantitative estimate of drug-likeness (QED) is 0.334. The van der Waals surface area contributed by atoms with E-state index in [9.17, 15) is 0 Å². The number of hydrogen-bond donors (Lipinski definition) is 2. The fourth-order valence-corrected chi connectivity index (χ4v) is 3.86. The highest BCUT2D eigenvalue weighted by Crippen LogP contribution is 2.17. The van der Waals surface area contributed by atoms with Crippen molar-refractivity contribution < 1.29 is 0 Å². The van der Waals surface area contributed by atoms with E-state index in [2.05, 4.69) is 48.3 Å². The van der Waals surface area contributed by atoms with E-state index in [1.807, 2.05) is 11.7 Å². The van der Waals surface area contributed by atoms with Crippen molar-refractivity contribution >= 4 is 29.9 Å². The molecule has 1 aromatic rings. The molecule has 0 atom stereocenters. The van der Waals surface area contributed by atoms with Crippen LogP contribution in [0.15, 0.2) is 4.99 Å². The van der Waals surface area contributed by atoms with Gasteiger partial charge in [0.2, 0.25) is 0 Å². The second-order valence-corrected chi connectivity index (χ2v) is 7.16. The molecule has 0 spiro atoms. The van der Waals surface area contributed by atoms with Gasteiger partial charge in [0, 0.05) is 44.0 Å². The molecule has 1 saturated heterocycles. The van der Waals surface area contributed by atoms with Gasteiger partial charge in [-0.2, -0.15) is 5.10 Å². The van der Waals surface area contributed by atoms with Crippen LogP contribution >= 0.6 is 24.0 Å². The number of nitrogens with one attached hydrogen (secondary N) is 2. The fraction of sp³-hybridized carbons (Fsp3) is 0.800. The van der Waals surface area contributed by atoms with Gasteiger partial charge in [-0.3, -0.25) is 4.68 Å². The Morgan fingerprint density at radius 1 is 1.15 bits per heavy atom. The molecule has 156 valence electrons. The predicted molar refractivity (Wildman–Crippen MR) is 125 cm³/mol. The number of hydrogen-bond acceptors (Lipinski definition) is 3. The minimum Gasteiger partial charge on any atom is -0.357 e. The van der Waals surface area contributed by atoms with Gasteiger partial charge in [0.15, 0.2) is 5.96 Å². The molecule has 2 N–H and O–H groups in total. The van der Waals surface area contributed by atoms with Crippen LogP contribution in [0.5, 0.6) is 0 Å². The standard InChI is InChI=1S/C20H38N6.HI/c1-6-12-26-13-10-16(11-14-26)23-20(21-9-4)22-15-17-18(7-2)24-25(5)19(17)8-3;/h16H,6-15H2,1-5H3,(H2,21,22,23);1H. The Bertz CT molecular complexity index is 575. The molecule has 1 aliphatic rings. The van der Waals surface area contributed by atoms with Gasteiger partial charge < -0.3 is 15.5 Å². The van der Waals surface area contributed by atoms with Gasteiger partial charge in [0.1, 0.15) is 0 Å². The minimum atomic E-state index is 0. The smallest absolute Gasteiger partial charge is 0.191 e. The van der Waals surface area contributed by atoms with E-state index in [0.29, 0.717) is 12.6 Å². The zero-order valence-corrected chi connectivity index (χ0v) is 20.2. The summed E-state index contributed by atoms with van der Waals surface area (Å²) in [5, 5.41) is 11.7. The maximum Gasteiger partial charge on any atom is 0.191 e. The lowest BCUT2D eigenvalue weighted by molar-refractivity contribution is 0.206. The highest BCUT2D eigenvalue weighted by atomic mass is 127. The number of aliphatic imine (C=N–C) groups is 1. The Kier molecular flexibility index (Phi) is 11.3. The molecule has 2 heterocycles. The van der Waals surface area contributed by atoms with E-state index in [-0.39, 0.29) is 24.0 Å². The number of likely N-dealkylation sites (tertiary alicyclic amines) is 1. The van der Waals surface area contributed by atoms with Crippen molar-refractivity contribution in [2.24, 2.45) is 12.0 Å². The molecule has 0 amide bonds. The lowest BCUT2D eigenvalue weighted by Gasteiger charge is -2.32. The van der Waals surface area contributed by atoms with E-state index < -0.39 is 0 Å². The molecule has 0 unspecified atom stereocenters. The molecule has 0 bridgehead atoms. The molecular weight excluding hydrogens is 451 g/mol. The third-order valence-electron chi connectivity index (χ3n) is 5.24. The fourth-order valence-electron chi connectivity index (χ4n) is 3.86. The summed E-state index contributed by atoms with van der Waals surface area (Å²) in [5.74, 6) is 0.939. The number of halogens is 1. The number of piperidine rings is 1. The van der Waals surface area contributed by atoms with Crippen LogP contribution in [0.1, 0.15) is 63.9 Å². The summed E-state index contributed by atoms with van der Waals surface area (Å²) in [6.07, 6.45) is 5.58. The van der Waals surface area contributed by atoms with Crippen LogP contribution in [0, 0.1) is 0 Å². The summed E-state index contributed by atoms with van der Waals surface area (Å²) < 4.78 is 2.02. The molecule has 27 heavy (non-hydrogen) atoms. The minimum absolute atomic E-state index is 0. The molecule has 0 aliphatic carbocycles. The van der Waals surface area contributed by atoms with Crippen LogP contribution in [-0.2, 0) is 26.4 Å². The lowest BCUT2D eigenvalue weighted by atomic mass is 10.1. The van der Waals surface area contributed by atoms with Crippen molar-refractivity contribution in [1.29, 1.82) is 0 Å². The number of aryl methyl sites for hydroxylation is 2. The highest BCUT2D eigenvalue weighted by Gasteiger charge is 2.19. The Morgan fingerprint density at radius 3 is 2.41 bits per heavy atom. The Hall–Kier alpha value is -0.830. The molecule has 1 aliphatic heterocycles. The zero-order chi connectivity index (χ0) is 18.9. The maximum atomic E-state index is 4.89. The summed E-state index contributed by atoms with van der Waals surface area (Å²) in [5.41, 5.74) is 3.78. The second kappa shape index (κ2) is 12.6. The molecule has 7 heteroatoms. The first-order valence-electron chi connectivity index (χ1n) is 10.4. The SMILES string of the molecule is CCCN1CCC(NC(=NCc2c(CC)nn(C)c2CC)NCC)CC1.I. The summed E-state index contributed by atoms with van der Waals surface area (Å²) in [6, 6.07) is 0.520. The average Bonchev–Trinajstić information content (AvgIpc) is 2.96. The summed E-state index contributed by atoms with van der Waals surface area (Å²) in [4.78, 5) is 7.46. The molecule has 0 aromatic carbocycles. The molecule has 1 aromatic heterocycles. The normalized spacial score (nSPS) is 16.3. The number of guanidine groups is 1. The predicted octanol–water partition coefficient (Wildman–Crippen LogP) is 3.09. The van der Waals surface area contributed by atoms with Gasteiger partial charge >= 0.3 is 0 Å². The van der Waals surface area contributed by atoms with Crippen LogP contribution in [-0.4, -0.2) is 52.9 Å². The average molecular weight is 490 g/mol. The van der Waals surface area contributed by atoms with Gasteiger partial charge in [-0.1, -0.05) is 20.8 Å². The van der Waals surface area contributed by atoms with Crippen LogP contribution in [0.3, 0.4) is 0 Å². The van der Waals surface area contributed by atoms with Crippen molar-refractivity contribution in [3.05, 3.63) is 17.0 Å². The number of aromatic nitrogens is 2. The van der Waals surface area contributed by atoms with Gasteiger partial charge in [-0.15, -0.1) is 24.0 Å². The van der Waals surface area contributed by atoms with E-state index >= 15 is 0 Å². The molecular formula is C20H39IN6. The largest absolute Gasteiger partial charge is 0.357 e. The zero-order valence-electron chi connectivity index (χ0n) is 17.8. The first kappa shape index (κ1) is 24.2. The summed E-state index contributed by atoms with van der Waals surface area (Å²) in [6.45, 7) is 13.9. The molecule has 0 saturated carbocycles. The number of rotatable bonds is 8. The van der Waals surface area contributed by atoms with Crippen LogP contribution < -0.4 is 10.6 Å². The van der Waals surface area contributed by atoms with Crippen LogP contribution in [0.4, 0.5) is 0 Å². The van der Waals surface area contributed by atoms with Crippen molar-refractivity contribution in [1.82, 2.24) is 25.3 Å². The van der Waals surface area contributed by atoms with Gasteiger partial charge in [-0.05, 0) is 45.6 Å². The lowest BCUT2D eigenvalue weighted by Crippen LogP contribution is -2.48. The third kappa shape index (κ3) is 6.93.